The highest BCUT2D eigenvalue weighted by atomic mass is 79.9. The molecule has 1 aliphatic rings. The van der Waals surface area contributed by atoms with Crippen molar-refractivity contribution in [2.45, 2.75) is 19.8 Å². The number of H-pyrrole nitrogens is 1. The number of halogens is 1. The molecular weight excluding hydrogens is 434 g/mol. The van der Waals surface area contributed by atoms with E-state index in [1.807, 2.05) is 43.3 Å². The number of fused-ring (bicyclic) bond motifs is 1. The molecule has 0 bridgehead atoms. The van der Waals surface area contributed by atoms with Crippen molar-refractivity contribution in [3.8, 4) is 0 Å². The van der Waals surface area contributed by atoms with E-state index in [4.69, 9.17) is 0 Å². The number of rotatable bonds is 4. The zero-order valence-corrected chi connectivity index (χ0v) is 17.5. The van der Waals surface area contributed by atoms with Crippen LogP contribution in [0.5, 0.6) is 0 Å². The molecule has 0 aliphatic carbocycles. The fourth-order valence-corrected chi connectivity index (χ4v) is 4.11. The Labute approximate surface area is 176 Å². The third-order valence-electron chi connectivity index (χ3n) is 5.19. The first-order chi connectivity index (χ1) is 13.9. The SMILES string of the molecule is CCc1cc(=O)[nH]c2cc(NC(=O)C3CC(=O)N(c4cccc(Br)c4)C3)ccc12. The Hall–Kier alpha value is -2.93. The van der Waals surface area contributed by atoms with Crippen molar-refractivity contribution in [1.29, 1.82) is 0 Å². The lowest BCUT2D eigenvalue weighted by Gasteiger charge is -2.17. The summed E-state index contributed by atoms with van der Waals surface area (Å²) in [7, 11) is 0. The summed E-state index contributed by atoms with van der Waals surface area (Å²) in [4.78, 5) is 41.5. The Morgan fingerprint density at radius 2 is 2.03 bits per heavy atom. The molecule has 1 fully saturated rings. The van der Waals surface area contributed by atoms with E-state index in [0.717, 1.165) is 27.5 Å². The van der Waals surface area contributed by atoms with Crippen LogP contribution in [0.1, 0.15) is 18.9 Å². The van der Waals surface area contributed by atoms with Gasteiger partial charge in [-0.05, 0) is 42.3 Å². The number of aromatic amines is 1. The number of nitrogens with one attached hydrogen (secondary N) is 2. The van der Waals surface area contributed by atoms with Gasteiger partial charge in [-0.1, -0.05) is 35.0 Å². The Bertz CT molecular complexity index is 1170. The third-order valence-corrected chi connectivity index (χ3v) is 5.69. The molecular formula is C22H20BrN3O3. The molecule has 1 saturated heterocycles. The van der Waals surface area contributed by atoms with Gasteiger partial charge in [-0.2, -0.15) is 0 Å². The fraction of sp³-hybridized carbons (Fsp3) is 0.227. The molecule has 2 heterocycles. The van der Waals surface area contributed by atoms with Crippen LogP contribution in [0.3, 0.4) is 0 Å². The number of carbonyl (C=O) groups is 2. The molecule has 0 saturated carbocycles. The number of aryl methyl sites for hydroxylation is 1. The lowest BCUT2D eigenvalue weighted by Crippen LogP contribution is -2.28. The van der Waals surface area contributed by atoms with Gasteiger partial charge in [0.05, 0.1) is 11.4 Å². The van der Waals surface area contributed by atoms with Crippen LogP contribution in [0.25, 0.3) is 10.9 Å². The molecule has 6 nitrogen and oxygen atoms in total. The summed E-state index contributed by atoms with van der Waals surface area (Å²) < 4.78 is 0.882. The molecule has 2 N–H and O–H groups in total. The number of hydrogen-bond donors (Lipinski definition) is 2. The summed E-state index contributed by atoms with van der Waals surface area (Å²) in [6, 6.07) is 14.5. The average molecular weight is 454 g/mol. The van der Waals surface area contributed by atoms with Crippen molar-refractivity contribution in [1.82, 2.24) is 4.98 Å². The second kappa shape index (κ2) is 7.83. The zero-order valence-electron chi connectivity index (χ0n) is 15.9. The maximum Gasteiger partial charge on any atom is 0.248 e. The third kappa shape index (κ3) is 3.96. The highest BCUT2D eigenvalue weighted by Gasteiger charge is 2.35. The van der Waals surface area contributed by atoms with E-state index in [1.165, 1.54) is 0 Å². The minimum absolute atomic E-state index is 0.0707. The van der Waals surface area contributed by atoms with Crippen LogP contribution in [-0.2, 0) is 16.0 Å². The summed E-state index contributed by atoms with van der Waals surface area (Å²) in [5.74, 6) is -0.707. The normalized spacial score (nSPS) is 16.4. The maximum atomic E-state index is 12.8. The highest BCUT2D eigenvalue weighted by molar-refractivity contribution is 9.10. The molecule has 148 valence electrons. The van der Waals surface area contributed by atoms with Gasteiger partial charge in [-0.25, -0.2) is 0 Å². The maximum absolute atomic E-state index is 12.8. The summed E-state index contributed by atoms with van der Waals surface area (Å²) >= 11 is 3.41. The minimum Gasteiger partial charge on any atom is -0.326 e. The minimum atomic E-state index is -0.432. The predicted molar refractivity (Wildman–Crippen MR) is 117 cm³/mol. The van der Waals surface area contributed by atoms with Crippen molar-refractivity contribution < 1.29 is 9.59 Å². The van der Waals surface area contributed by atoms with Crippen LogP contribution in [0.4, 0.5) is 11.4 Å². The molecule has 1 aliphatic heterocycles. The van der Waals surface area contributed by atoms with Gasteiger partial charge >= 0.3 is 0 Å². The molecule has 2 amide bonds. The van der Waals surface area contributed by atoms with Crippen molar-refractivity contribution in [3.63, 3.8) is 0 Å². The van der Waals surface area contributed by atoms with Gasteiger partial charge in [-0.15, -0.1) is 0 Å². The standard InChI is InChI=1S/C22H20BrN3O3/c1-2-13-8-20(27)25-19-11-16(6-7-18(13)19)24-22(29)14-9-21(28)26(12-14)17-5-3-4-15(23)10-17/h3-8,10-11,14H,2,9,12H2,1H3,(H,24,29)(H,25,27). The van der Waals surface area contributed by atoms with Crippen molar-refractivity contribution >= 4 is 50.0 Å². The number of nitrogens with zero attached hydrogens (tertiary/aromatic N) is 1. The molecule has 0 spiro atoms. The molecule has 2 aromatic carbocycles. The average Bonchev–Trinajstić information content (AvgIpc) is 3.09. The smallest absolute Gasteiger partial charge is 0.248 e. The largest absolute Gasteiger partial charge is 0.326 e. The van der Waals surface area contributed by atoms with Crippen LogP contribution in [0.15, 0.2) is 57.8 Å². The monoisotopic (exact) mass is 453 g/mol. The van der Waals surface area contributed by atoms with Gasteiger partial charge in [0.25, 0.3) is 0 Å². The number of benzene rings is 2. The van der Waals surface area contributed by atoms with Crippen LogP contribution in [0, 0.1) is 5.92 Å². The number of pyridine rings is 1. The first kappa shape index (κ1) is 19.4. The summed E-state index contributed by atoms with van der Waals surface area (Å²) in [5, 5.41) is 3.85. The van der Waals surface area contributed by atoms with E-state index >= 15 is 0 Å². The number of carbonyl (C=O) groups excluding carboxylic acids is 2. The van der Waals surface area contributed by atoms with Crippen LogP contribution in [-0.4, -0.2) is 23.3 Å². The molecule has 1 aromatic heterocycles. The predicted octanol–water partition coefficient (Wildman–Crippen LogP) is 3.84. The van der Waals surface area contributed by atoms with E-state index in [2.05, 4.69) is 26.2 Å². The van der Waals surface area contributed by atoms with E-state index in [9.17, 15) is 14.4 Å². The lowest BCUT2D eigenvalue weighted by atomic mass is 10.1. The number of amides is 2. The highest BCUT2D eigenvalue weighted by Crippen LogP contribution is 2.28. The topological polar surface area (TPSA) is 82.3 Å². The molecule has 0 radical (unpaired) electrons. The Kier molecular flexibility index (Phi) is 5.24. The molecule has 3 aromatic rings. The van der Waals surface area contributed by atoms with Gasteiger partial charge < -0.3 is 15.2 Å². The first-order valence-corrected chi connectivity index (χ1v) is 10.3. The van der Waals surface area contributed by atoms with Crippen molar-refractivity contribution in [2.24, 2.45) is 5.92 Å². The van der Waals surface area contributed by atoms with Gasteiger partial charge in [0.15, 0.2) is 0 Å². The second-order valence-corrected chi connectivity index (χ2v) is 8.06. The van der Waals surface area contributed by atoms with Crippen LogP contribution >= 0.6 is 15.9 Å². The Balaban J connectivity index is 1.52. The van der Waals surface area contributed by atoms with E-state index in [1.54, 1.807) is 17.0 Å². The van der Waals surface area contributed by atoms with Crippen LogP contribution in [0.2, 0.25) is 0 Å². The van der Waals surface area contributed by atoms with Crippen molar-refractivity contribution in [3.05, 3.63) is 68.9 Å². The summed E-state index contributed by atoms with van der Waals surface area (Å²) in [6.07, 6.45) is 0.921. The molecule has 29 heavy (non-hydrogen) atoms. The summed E-state index contributed by atoms with van der Waals surface area (Å²) in [5.41, 5.74) is 2.86. The van der Waals surface area contributed by atoms with Crippen LogP contribution < -0.4 is 15.8 Å². The summed E-state index contributed by atoms with van der Waals surface area (Å²) in [6.45, 7) is 2.34. The van der Waals surface area contributed by atoms with E-state index < -0.39 is 5.92 Å². The lowest BCUT2D eigenvalue weighted by molar-refractivity contribution is -0.122. The van der Waals surface area contributed by atoms with Gasteiger partial charge in [0, 0.05) is 40.3 Å². The molecule has 4 rings (SSSR count). The Morgan fingerprint density at radius 3 is 2.79 bits per heavy atom. The number of hydrogen-bond acceptors (Lipinski definition) is 3. The van der Waals surface area contributed by atoms with Gasteiger partial charge in [0.2, 0.25) is 17.4 Å². The molecule has 1 unspecified atom stereocenters. The molecule has 1 atom stereocenters. The van der Waals surface area contributed by atoms with E-state index in [0.29, 0.717) is 17.7 Å². The fourth-order valence-electron chi connectivity index (χ4n) is 3.72. The van der Waals surface area contributed by atoms with E-state index in [-0.39, 0.29) is 23.8 Å². The van der Waals surface area contributed by atoms with Crippen molar-refractivity contribution in [2.75, 3.05) is 16.8 Å². The molecule has 7 heteroatoms. The van der Waals surface area contributed by atoms with Gasteiger partial charge in [-0.3, -0.25) is 14.4 Å². The number of anilines is 2. The first-order valence-electron chi connectivity index (χ1n) is 9.47. The van der Waals surface area contributed by atoms with Gasteiger partial charge in [0.1, 0.15) is 0 Å². The second-order valence-electron chi connectivity index (χ2n) is 7.15. The quantitative estimate of drug-likeness (QED) is 0.629. The Morgan fingerprint density at radius 1 is 1.21 bits per heavy atom. The zero-order chi connectivity index (χ0) is 20.5. The number of aromatic nitrogens is 1.